The molecular weight excluding hydrogens is 787 g/mol. The van der Waals surface area contributed by atoms with Crippen LogP contribution >= 0.6 is 0 Å². The Balaban J connectivity index is 1.08. The molecule has 3 unspecified atom stereocenters. The first-order valence-electron chi connectivity index (χ1n) is 23.2. The molecule has 310 valence electrons. The third-order valence-electron chi connectivity index (χ3n) is 15.3. The molecule has 3 heteroatoms. The van der Waals surface area contributed by atoms with E-state index in [4.69, 9.17) is 15.0 Å². The van der Waals surface area contributed by atoms with Crippen molar-refractivity contribution in [1.29, 1.82) is 0 Å². The first-order valence-corrected chi connectivity index (χ1v) is 23.2. The predicted octanol–water partition coefficient (Wildman–Crippen LogP) is 14.8. The molecule has 4 aliphatic rings. The summed E-state index contributed by atoms with van der Waals surface area (Å²) in [7, 11) is 0. The van der Waals surface area contributed by atoms with Crippen LogP contribution in [-0.2, 0) is 10.8 Å². The number of nitrogens with zero attached hydrogens (tertiary/aromatic N) is 3. The van der Waals surface area contributed by atoms with E-state index in [0.29, 0.717) is 35.2 Å². The van der Waals surface area contributed by atoms with E-state index in [1.807, 2.05) is 12.1 Å². The molecular formula is C62H47N3. The lowest BCUT2D eigenvalue weighted by Crippen LogP contribution is -2.40. The van der Waals surface area contributed by atoms with Gasteiger partial charge in [-0.2, -0.15) is 0 Å². The lowest BCUT2D eigenvalue weighted by atomic mass is 9.55. The minimum Gasteiger partial charge on any atom is -0.208 e. The molecule has 3 atom stereocenters. The fourth-order valence-corrected chi connectivity index (χ4v) is 12.6. The van der Waals surface area contributed by atoms with Gasteiger partial charge in [-0.15, -0.1) is 0 Å². The van der Waals surface area contributed by atoms with Gasteiger partial charge in [-0.3, -0.25) is 0 Å². The Morgan fingerprint density at radius 1 is 0.415 bits per heavy atom. The summed E-state index contributed by atoms with van der Waals surface area (Å²) in [6, 6.07) is 71.5. The third-order valence-corrected chi connectivity index (χ3v) is 15.3. The SMILES string of the molecule is CC1CC(c2ccc3c(c2)-c2c(-c4nc(-c5ccccc5)nc(-c5ccccc5)n4)cccc2C32c3ccccc3C(C)(C)c3ccccc32)=CC2c3ccccc3-c3ccccc3C12. The average molecular weight is 834 g/mol. The monoisotopic (exact) mass is 833 g/mol. The molecule has 65 heavy (non-hydrogen) atoms. The van der Waals surface area contributed by atoms with Gasteiger partial charge in [-0.25, -0.2) is 15.0 Å². The fraction of sp³-hybridized carbons (Fsp3) is 0.145. The molecule has 0 radical (unpaired) electrons. The zero-order chi connectivity index (χ0) is 43.4. The first kappa shape index (κ1) is 38.0. The quantitative estimate of drug-likeness (QED) is 0.177. The normalized spacial score (nSPS) is 18.8. The molecule has 0 saturated heterocycles. The minimum absolute atomic E-state index is 0.198. The van der Waals surface area contributed by atoms with Gasteiger partial charge in [0.1, 0.15) is 0 Å². The van der Waals surface area contributed by atoms with Crippen LogP contribution in [0.4, 0.5) is 0 Å². The smallest absolute Gasteiger partial charge is 0.164 e. The van der Waals surface area contributed by atoms with Crippen molar-refractivity contribution in [1.82, 2.24) is 15.0 Å². The number of fused-ring (bicyclic) bond motifs is 15. The molecule has 0 saturated carbocycles. The lowest BCUT2D eigenvalue weighted by molar-refractivity contribution is 0.416. The standard InChI is InChI=1S/C62H47N3/c1-38-35-42(37-48-45-25-11-10-23-43(45)44-24-12-13-26-46(44)56(38)48)41-33-34-50-49(36-41)57-47(60-64-58(39-19-6-4-7-20-39)63-59(65-60)40-21-8-5-9-22-40)27-18-32-55(57)62(50)53-30-16-14-28-51(53)61(2,3)52-29-15-17-31-54(52)62/h4-34,36-38,48,56H,35H2,1-3H3. The zero-order valence-corrected chi connectivity index (χ0v) is 36.8. The fourth-order valence-electron chi connectivity index (χ4n) is 12.6. The molecule has 9 aromatic rings. The van der Waals surface area contributed by atoms with Gasteiger partial charge in [-0.1, -0.05) is 215 Å². The van der Waals surface area contributed by atoms with Crippen LogP contribution in [0.2, 0.25) is 0 Å². The van der Waals surface area contributed by atoms with Crippen LogP contribution in [0.5, 0.6) is 0 Å². The predicted molar refractivity (Wildman–Crippen MR) is 265 cm³/mol. The van der Waals surface area contributed by atoms with E-state index in [-0.39, 0.29) is 5.41 Å². The van der Waals surface area contributed by atoms with Crippen LogP contribution in [0.1, 0.15) is 89.1 Å². The van der Waals surface area contributed by atoms with Gasteiger partial charge >= 0.3 is 0 Å². The molecule has 8 aromatic carbocycles. The van der Waals surface area contributed by atoms with E-state index in [1.165, 1.54) is 77.9 Å². The van der Waals surface area contributed by atoms with Crippen LogP contribution in [0, 0.1) is 5.92 Å². The second-order valence-corrected chi connectivity index (χ2v) is 19.1. The van der Waals surface area contributed by atoms with Crippen LogP contribution in [-0.4, -0.2) is 15.0 Å². The van der Waals surface area contributed by atoms with Crippen LogP contribution in [0.3, 0.4) is 0 Å². The molecule has 3 nitrogen and oxygen atoms in total. The van der Waals surface area contributed by atoms with Crippen molar-refractivity contribution < 1.29 is 0 Å². The molecule has 0 fully saturated rings. The van der Waals surface area contributed by atoms with Gasteiger partial charge < -0.3 is 0 Å². The Morgan fingerprint density at radius 3 is 1.57 bits per heavy atom. The molecule has 1 spiro atoms. The van der Waals surface area contributed by atoms with Gasteiger partial charge in [0.05, 0.1) is 5.41 Å². The summed E-state index contributed by atoms with van der Waals surface area (Å²) in [6.45, 7) is 7.25. The summed E-state index contributed by atoms with van der Waals surface area (Å²) in [6.07, 6.45) is 3.63. The number of hydrogen-bond donors (Lipinski definition) is 0. The maximum Gasteiger partial charge on any atom is 0.164 e. The molecule has 4 aliphatic carbocycles. The van der Waals surface area contributed by atoms with Gasteiger partial charge in [0, 0.05) is 28.0 Å². The van der Waals surface area contributed by atoms with Gasteiger partial charge in [0.15, 0.2) is 17.5 Å². The second kappa shape index (κ2) is 14.3. The summed E-state index contributed by atoms with van der Waals surface area (Å²) in [4.78, 5) is 15.8. The van der Waals surface area contributed by atoms with E-state index in [2.05, 4.69) is 209 Å². The molecule has 1 aromatic heterocycles. The third kappa shape index (κ3) is 5.45. The van der Waals surface area contributed by atoms with E-state index in [1.54, 1.807) is 0 Å². The average Bonchev–Trinajstić information content (AvgIpc) is 3.66. The number of aromatic nitrogens is 3. The van der Waals surface area contributed by atoms with Crippen LogP contribution < -0.4 is 0 Å². The summed E-state index contributed by atoms with van der Waals surface area (Å²) >= 11 is 0. The highest BCUT2D eigenvalue weighted by atomic mass is 15.0. The zero-order valence-electron chi connectivity index (χ0n) is 36.8. The van der Waals surface area contributed by atoms with E-state index in [9.17, 15) is 0 Å². The highest BCUT2D eigenvalue weighted by Crippen LogP contribution is 2.64. The summed E-state index contributed by atoms with van der Waals surface area (Å²) < 4.78 is 0. The van der Waals surface area contributed by atoms with Gasteiger partial charge in [0.2, 0.25) is 0 Å². The van der Waals surface area contributed by atoms with Crippen molar-refractivity contribution in [3.8, 4) is 56.4 Å². The molecule has 1 heterocycles. The summed E-state index contributed by atoms with van der Waals surface area (Å²) in [5, 5.41) is 0. The topological polar surface area (TPSA) is 38.7 Å². The van der Waals surface area contributed by atoms with E-state index >= 15 is 0 Å². The van der Waals surface area contributed by atoms with Gasteiger partial charge in [-0.05, 0) is 102 Å². The molecule has 0 N–H and O–H groups in total. The number of benzene rings is 8. The second-order valence-electron chi connectivity index (χ2n) is 19.1. The molecule has 0 amide bonds. The maximum atomic E-state index is 5.37. The molecule has 0 aliphatic heterocycles. The number of rotatable bonds is 4. The number of allylic oxidation sites excluding steroid dienone is 2. The van der Waals surface area contributed by atoms with Gasteiger partial charge in [0.25, 0.3) is 0 Å². The minimum atomic E-state index is -0.565. The Hall–Kier alpha value is -7.49. The Labute approximate surface area is 381 Å². The van der Waals surface area contributed by atoms with Crippen LogP contribution in [0.15, 0.2) is 200 Å². The summed E-state index contributed by atoms with van der Waals surface area (Å²) in [5.41, 5.74) is 20.9. The lowest BCUT2D eigenvalue weighted by Gasteiger charge is -2.46. The highest BCUT2D eigenvalue weighted by molar-refractivity contribution is 5.97. The molecule has 13 rings (SSSR count). The Bertz CT molecular complexity index is 3310. The van der Waals surface area contributed by atoms with Crippen LogP contribution in [0.25, 0.3) is 62.0 Å². The van der Waals surface area contributed by atoms with Crippen molar-refractivity contribution in [2.45, 2.75) is 49.9 Å². The maximum absolute atomic E-state index is 5.37. The van der Waals surface area contributed by atoms with E-state index < -0.39 is 5.41 Å². The highest BCUT2D eigenvalue weighted by Gasteiger charge is 2.54. The number of hydrogen-bond acceptors (Lipinski definition) is 3. The largest absolute Gasteiger partial charge is 0.208 e. The van der Waals surface area contributed by atoms with Crippen molar-refractivity contribution in [2.24, 2.45) is 5.92 Å². The Kier molecular flexibility index (Phi) is 8.34. The van der Waals surface area contributed by atoms with Crippen molar-refractivity contribution in [3.05, 3.63) is 250 Å². The first-order chi connectivity index (χ1) is 31.9. The van der Waals surface area contributed by atoms with Crippen molar-refractivity contribution >= 4 is 5.57 Å². The Morgan fingerprint density at radius 2 is 0.923 bits per heavy atom. The van der Waals surface area contributed by atoms with Crippen molar-refractivity contribution in [2.75, 3.05) is 0 Å². The van der Waals surface area contributed by atoms with E-state index in [0.717, 1.165) is 23.1 Å². The molecule has 0 bridgehead atoms. The summed E-state index contributed by atoms with van der Waals surface area (Å²) in [5.74, 6) is 3.17. The van der Waals surface area contributed by atoms with Crippen molar-refractivity contribution in [3.63, 3.8) is 0 Å².